The van der Waals surface area contributed by atoms with Gasteiger partial charge < -0.3 is 5.32 Å². The van der Waals surface area contributed by atoms with Gasteiger partial charge in [-0.15, -0.1) is 3.89 Å². The van der Waals surface area contributed by atoms with E-state index in [-0.39, 0.29) is 22.0 Å². The number of halogens is 2. The molecule has 0 heterocycles. The van der Waals surface area contributed by atoms with E-state index in [1.807, 2.05) is 0 Å². The van der Waals surface area contributed by atoms with E-state index in [0.717, 1.165) is 12.1 Å². The molecule has 2 rings (SSSR count). The average Bonchev–Trinajstić information content (AvgIpc) is 2.52. The molecule has 1 amide bonds. The molecule has 0 atom stereocenters. The normalized spacial score (nSPS) is 11.5. The molecule has 0 fully saturated rings. The third kappa shape index (κ3) is 4.87. The largest absolute Gasteiger partial charge is 0.332 e. The van der Waals surface area contributed by atoms with Crippen LogP contribution < -0.4 is 5.32 Å². The molecule has 7 nitrogen and oxygen atoms in total. The number of hydrogen-bond donors (Lipinski definition) is 1. The lowest BCUT2D eigenvalue weighted by Gasteiger charge is -2.06. The molecule has 1 N–H and O–H groups in total. The zero-order chi connectivity index (χ0) is 19.5. The lowest BCUT2D eigenvalue weighted by molar-refractivity contribution is -0.384. The Balaban J connectivity index is 2.13. The molecule has 136 valence electrons. The number of non-ortho nitro benzene ring substituents is 1. The van der Waals surface area contributed by atoms with Crippen molar-refractivity contribution in [1.29, 1.82) is 0 Å². The van der Waals surface area contributed by atoms with Crippen LogP contribution in [0.15, 0.2) is 47.4 Å². The minimum Gasteiger partial charge on any atom is -0.323 e. The number of nitrogens with zero attached hydrogens (tertiary/aromatic N) is 1. The highest BCUT2D eigenvalue weighted by Crippen LogP contribution is 2.24. The second-order valence-corrected chi connectivity index (χ2v) is 6.93. The van der Waals surface area contributed by atoms with Crippen LogP contribution in [0.25, 0.3) is 6.08 Å². The number of hydrogen-bond acceptors (Lipinski definition) is 5. The Kier molecular flexibility index (Phi) is 5.73. The second kappa shape index (κ2) is 7.63. The summed E-state index contributed by atoms with van der Waals surface area (Å²) >= 11 is 5.92. The summed E-state index contributed by atoms with van der Waals surface area (Å²) in [5.41, 5.74) is 0.657. The Morgan fingerprint density at radius 3 is 2.50 bits per heavy atom. The fraction of sp³-hybridized carbons (Fsp3) is 0.0625. The highest BCUT2D eigenvalue weighted by atomic mass is 35.5. The van der Waals surface area contributed by atoms with Crippen LogP contribution in [-0.2, 0) is 15.0 Å². The van der Waals surface area contributed by atoms with Gasteiger partial charge in [-0.3, -0.25) is 14.9 Å². The summed E-state index contributed by atoms with van der Waals surface area (Å²) in [5.74, 6) is -0.547. The molecule has 0 saturated carbocycles. The predicted molar refractivity (Wildman–Crippen MR) is 95.2 cm³/mol. The lowest BCUT2D eigenvalue weighted by Crippen LogP contribution is -2.08. The van der Waals surface area contributed by atoms with Crippen LogP contribution in [0.3, 0.4) is 0 Å². The number of benzene rings is 2. The Morgan fingerprint density at radius 2 is 1.96 bits per heavy atom. The molecule has 0 radical (unpaired) electrons. The van der Waals surface area contributed by atoms with Gasteiger partial charge in [0.25, 0.3) is 5.69 Å². The van der Waals surface area contributed by atoms with E-state index in [1.165, 1.54) is 43.3 Å². The SMILES string of the molecule is Cc1cc(NC(=O)C=Cc2ccc([N+](=O)[O-])cc2Cl)ccc1S(=O)(=O)F. The zero-order valence-electron chi connectivity index (χ0n) is 13.3. The monoisotopic (exact) mass is 398 g/mol. The summed E-state index contributed by atoms with van der Waals surface area (Å²) in [4.78, 5) is 21.5. The predicted octanol–water partition coefficient (Wildman–Crippen LogP) is 3.87. The van der Waals surface area contributed by atoms with Crippen molar-refractivity contribution in [3.63, 3.8) is 0 Å². The summed E-state index contributed by atoms with van der Waals surface area (Å²) in [6, 6.07) is 7.44. The van der Waals surface area contributed by atoms with Gasteiger partial charge in [0.1, 0.15) is 4.90 Å². The van der Waals surface area contributed by atoms with E-state index in [0.29, 0.717) is 5.56 Å². The van der Waals surface area contributed by atoms with E-state index in [9.17, 15) is 27.2 Å². The number of nitro benzene ring substituents is 1. The molecule has 0 aliphatic rings. The Morgan fingerprint density at radius 1 is 1.27 bits per heavy atom. The van der Waals surface area contributed by atoms with Crippen LogP contribution in [-0.4, -0.2) is 19.2 Å². The van der Waals surface area contributed by atoms with Gasteiger partial charge in [0.05, 0.1) is 9.95 Å². The maximum atomic E-state index is 13.0. The van der Waals surface area contributed by atoms with Gasteiger partial charge in [0.2, 0.25) is 5.91 Å². The number of anilines is 1. The van der Waals surface area contributed by atoms with Crippen molar-refractivity contribution in [2.75, 3.05) is 5.32 Å². The minimum absolute atomic E-state index is 0.108. The van der Waals surface area contributed by atoms with Crippen molar-refractivity contribution in [2.24, 2.45) is 0 Å². The van der Waals surface area contributed by atoms with E-state index >= 15 is 0 Å². The number of nitrogens with one attached hydrogen (secondary N) is 1. The van der Waals surface area contributed by atoms with Crippen molar-refractivity contribution in [2.45, 2.75) is 11.8 Å². The molecule has 26 heavy (non-hydrogen) atoms. The van der Waals surface area contributed by atoms with Crippen LogP contribution >= 0.6 is 11.6 Å². The summed E-state index contributed by atoms with van der Waals surface area (Å²) in [7, 11) is -4.83. The summed E-state index contributed by atoms with van der Waals surface area (Å²) in [5, 5.41) is 13.2. The maximum absolute atomic E-state index is 13.0. The number of carbonyl (C=O) groups is 1. The third-order valence-electron chi connectivity index (χ3n) is 3.31. The molecule has 0 bridgehead atoms. The van der Waals surface area contributed by atoms with Crippen molar-refractivity contribution in [3.8, 4) is 0 Å². The molecule has 0 unspecified atom stereocenters. The molecule has 0 saturated heterocycles. The summed E-state index contributed by atoms with van der Waals surface area (Å²) < 4.78 is 34.9. The lowest BCUT2D eigenvalue weighted by atomic mass is 10.2. The molecule has 0 aliphatic carbocycles. The fourth-order valence-electron chi connectivity index (χ4n) is 2.11. The number of nitro groups is 1. The highest BCUT2D eigenvalue weighted by molar-refractivity contribution is 7.86. The van der Waals surface area contributed by atoms with Gasteiger partial charge in [0, 0.05) is 23.9 Å². The summed E-state index contributed by atoms with van der Waals surface area (Å²) in [6.45, 7) is 1.40. The van der Waals surface area contributed by atoms with Crippen LogP contribution in [0, 0.1) is 17.0 Å². The minimum atomic E-state index is -4.83. The second-order valence-electron chi connectivity index (χ2n) is 5.20. The number of amides is 1. The van der Waals surface area contributed by atoms with Gasteiger partial charge in [-0.2, -0.15) is 8.42 Å². The van der Waals surface area contributed by atoms with Crippen LogP contribution in [0.2, 0.25) is 5.02 Å². The van der Waals surface area contributed by atoms with Crippen LogP contribution in [0.4, 0.5) is 15.3 Å². The van der Waals surface area contributed by atoms with E-state index in [2.05, 4.69) is 5.32 Å². The van der Waals surface area contributed by atoms with Crippen LogP contribution in [0.1, 0.15) is 11.1 Å². The first-order valence-electron chi connectivity index (χ1n) is 7.06. The Bertz CT molecular complexity index is 1020. The van der Waals surface area contributed by atoms with Gasteiger partial charge >= 0.3 is 10.2 Å². The molecule has 2 aromatic carbocycles. The van der Waals surface area contributed by atoms with Crippen molar-refractivity contribution in [1.82, 2.24) is 0 Å². The zero-order valence-corrected chi connectivity index (χ0v) is 14.8. The number of carbonyl (C=O) groups excluding carboxylic acids is 1. The molecular formula is C16H12ClFN2O5S. The first-order valence-corrected chi connectivity index (χ1v) is 8.82. The first kappa shape index (κ1) is 19.5. The molecule has 0 aliphatic heterocycles. The van der Waals surface area contributed by atoms with Crippen molar-refractivity contribution >= 4 is 45.2 Å². The van der Waals surface area contributed by atoms with Gasteiger partial charge in [0.15, 0.2) is 0 Å². The van der Waals surface area contributed by atoms with Crippen LogP contribution in [0.5, 0.6) is 0 Å². The van der Waals surface area contributed by atoms with Gasteiger partial charge in [-0.1, -0.05) is 11.6 Å². The molecule has 0 spiro atoms. The maximum Gasteiger partial charge on any atom is 0.332 e. The van der Waals surface area contributed by atoms with Gasteiger partial charge in [-0.05, 0) is 48.4 Å². The fourth-order valence-corrected chi connectivity index (χ4v) is 3.03. The third-order valence-corrected chi connectivity index (χ3v) is 4.63. The standard InChI is InChI=1S/C16H12ClFN2O5S/c1-10-8-12(4-6-15(10)26(18,24)25)19-16(21)7-3-11-2-5-13(20(22)23)9-14(11)17/h2-9H,1H3,(H,19,21). The van der Waals surface area contributed by atoms with Crippen molar-refractivity contribution in [3.05, 3.63) is 68.7 Å². The molecule has 2 aromatic rings. The molecular weight excluding hydrogens is 387 g/mol. The number of rotatable bonds is 5. The Hall–Kier alpha value is -2.78. The first-order chi connectivity index (χ1) is 12.1. The quantitative estimate of drug-likeness (QED) is 0.356. The summed E-state index contributed by atoms with van der Waals surface area (Å²) in [6.07, 6.45) is 2.52. The van der Waals surface area contributed by atoms with Crippen molar-refractivity contribution < 1.29 is 22.0 Å². The topological polar surface area (TPSA) is 106 Å². The molecule has 10 heteroatoms. The van der Waals surface area contributed by atoms with E-state index in [4.69, 9.17) is 11.6 Å². The van der Waals surface area contributed by atoms with E-state index in [1.54, 1.807) is 0 Å². The molecule has 0 aromatic heterocycles. The smallest absolute Gasteiger partial charge is 0.323 e. The van der Waals surface area contributed by atoms with E-state index < -0.39 is 25.9 Å². The highest BCUT2D eigenvalue weighted by Gasteiger charge is 2.15. The Labute approximate surface area is 153 Å². The van der Waals surface area contributed by atoms with Gasteiger partial charge in [-0.25, -0.2) is 0 Å². The number of aryl methyl sites for hydroxylation is 1. The average molecular weight is 399 g/mol.